The van der Waals surface area contributed by atoms with Gasteiger partial charge in [-0.3, -0.25) is 0 Å². The highest BCUT2D eigenvalue weighted by Gasteiger charge is 2.06. The normalized spacial score (nSPS) is 8.00. The molecule has 0 fully saturated rings. The zero-order valence-corrected chi connectivity index (χ0v) is 4.73. The van der Waals surface area contributed by atoms with E-state index in [-0.39, 0.29) is 0 Å². The molecule has 1 nitrogen and oxygen atoms in total. The van der Waals surface area contributed by atoms with Crippen LogP contribution in [0.15, 0.2) is 0 Å². The molecule has 0 aliphatic heterocycles. The van der Waals surface area contributed by atoms with E-state index >= 15 is 0 Å². The Morgan fingerprint density at radius 3 is 1.33 bits per heavy atom. The lowest BCUT2D eigenvalue weighted by molar-refractivity contribution is 1.81. The third kappa shape index (κ3) is 2.33. The second-order valence-corrected chi connectivity index (χ2v) is 2.10. The van der Waals surface area contributed by atoms with Crippen molar-refractivity contribution < 1.29 is 0 Å². The Morgan fingerprint density at radius 1 is 1.17 bits per heavy atom. The summed E-state index contributed by atoms with van der Waals surface area (Å²) in [6.07, 6.45) is 0. The van der Waals surface area contributed by atoms with Gasteiger partial charge >= 0.3 is 0 Å². The average molecular weight is 82.8 g/mol. The minimum atomic E-state index is 0.352. The molecule has 0 rings (SSSR count). The van der Waals surface area contributed by atoms with Gasteiger partial charge in [0.15, 0.2) is 6.74 Å². The molecule has 3 heteroatoms. The second-order valence-electron chi connectivity index (χ2n) is 2.10. The Balaban J connectivity index is 2.99. The van der Waals surface area contributed by atoms with Crippen LogP contribution in [-0.2, 0) is 0 Å². The van der Waals surface area contributed by atoms with E-state index in [0.29, 0.717) is 13.3 Å². The van der Waals surface area contributed by atoms with Gasteiger partial charge in [0, 0.05) is 0 Å². The second kappa shape index (κ2) is 2.30. The van der Waals surface area contributed by atoms with Crippen LogP contribution in [0.2, 0.25) is 20.5 Å². The quantitative estimate of drug-likeness (QED) is 0.456. The van der Waals surface area contributed by atoms with Gasteiger partial charge in [-0.2, -0.15) is 0 Å². The van der Waals surface area contributed by atoms with Crippen LogP contribution >= 0.6 is 0 Å². The largest absolute Gasteiger partial charge is 0.376 e. The molecule has 0 saturated heterocycles. The van der Waals surface area contributed by atoms with Crippen molar-refractivity contribution in [3.63, 3.8) is 0 Å². The molecular formula is C3H11B2N. The van der Waals surface area contributed by atoms with Crippen LogP contribution < -0.4 is 5.64 Å². The van der Waals surface area contributed by atoms with E-state index in [1.54, 1.807) is 0 Å². The molecular weight excluding hydrogens is 71.7 g/mol. The van der Waals surface area contributed by atoms with Crippen molar-refractivity contribution in [2.24, 2.45) is 5.64 Å². The molecule has 0 spiro atoms. The lowest BCUT2D eigenvalue weighted by Crippen LogP contribution is -2.35. The van der Waals surface area contributed by atoms with Crippen LogP contribution in [0.1, 0.15) is 0 Å². The SMILES string of the molecule is CB(C)B(C)N. The minimum absolute atomic E-state index is 0.352. The maximum absolute atomic E-state index is 5.44. The summed E-state index contributed by atoms with van der Waals surface area (Å²) in [5.74, 6) is 0. The van der Waals surface area contributed by atoms with Gasteiger partial charge in [0.05, 0.1) is 0 Å². The first-order valence-corrected chi connectivity index (χ1v) is 2.40. The maximum Gasteiger partial charge on any atom is 0.177 e. The molecule has 0 radical (unpaired) electrons. The summed E-state index contributed by atoms with van der Waals surface area (Å²) in [6, 6.07) is 0. The number of hydrogen-bond donors (Lipinski definition) is 1. The van der Waals surface area contributed by atoms with Crippen molar-refractivity contribution in [1.29, 1.82) is 0 Å². The van der Waals surface area contributed by atoms with Gasteiger partial charge in [-0.15, -0.1) is 0 Å². The lowest BCUT2D eigenvalue weighted by atomic mass is 9.18. The average Bonchev–Trinajstić information content (AvgIpc) is 1.36. The molecule has 6 heavy (non-hydrogen) atoms. The van der Waals surface area contributed by atoms with Gasteiger partial charge in [-0.05, 0) is 0 Å². The molecule has 0 bridgehead atoms. The van der Waals surface area contributed by atoms with E-state index in [4.69, 9.17) is 5.64 Å². The van der Waals surface area contributed by atoms with Crippen molar-refractivity contribution in [2.45, 2.75) is 20.5 Å². The molecule has 0 aromatic heterocycles. The monoisotopic (exact) mass is 83.1 g/mol. The summed E-state index contributed by atoms with van der Waals surface area (Å²) in [5.41, 5.74) is 5.44. The van der Waals surface area contributed by atoms with Crippen molar-refractivity contribution in [1.82, 2.24) is 0 Å². The molecule has 0 aromatic rings. The molecule has 0 atom stereocenters. The summed E-state index contributed by atoms with van der Waals surface area (Å²) in [7, 11) is 0. The molecule has 34 valence electrons. The molecule has 0 aliphatic rings. The Morgan fingerprint density at radius 2 is 1.33 bits per heavy atom. The van der Waals surface area contributed by atoms with E-state index < -0.39 is 0 Å². The highest BCUT2D eigenvalue weighted by Crippen LogP contribution is 1.77. The predicted molar refractivity (Wildman–Crippen MR) is 33.3 cm³/mol. The Hall–Kier alpha value is 0.0899. The van der Waals surface area contributed by atoms with Crippen molar-refractivity contribution in [3.05, 3.63) is 0 Å². The fraction of sp³-hybridized carbons (Fsp3) is 1.00. The van der Waals surface area contributed by atoms with Crippen LogP contribution in [0, 0.1) is 0 Å². The fourth-order valence-electron chi connectivity index (χ4n) is 0. The molecule has 0 aliphatic carbocycles. The third-order valence-electron chi connectivity index (χ3n) is 1.05. The minimum Gasteiger partial charge on any atom is -0.376 e. The number of hydrogen-bond acceptors (Lipinski definition) is 1. The van der Waals surface area contributed by atoms with Crippen LogP contribution in [0.3, 0.4) is 0 Å². The van der Waals surface area contributed by atoms with Gasteiger partial charge < -0.3 is 5.64 Å². The van der Waals surface area contributed by atoms with Gasteiger partial charge in [-0.25, -0.2) is 0 Å². The van der Waals surface area contributed by atoms with E-state index in [2.05, 4.69) is 13.6 Å². The van der Waals surface area contributed by atoms with E-state index in [1.165, 1.54) is 0 Å². The van der Waals surface area contributed by atoms with Crippen LogP contribution in [-0.4, -0.2) is 13.3 Å². The highest BCUT2D eigenvalue weighted by molar-refractivity contribution is 7.19. The molecule has 0 aromatic carbocycles. The van der Waals surface area contributed by atoms with E-state index in [9.17, 15) is 0 Å². The summed E-state index contributed by atoms with van der Waals surface area (Å²) >= 11 is 0. The van der Waals surface area contributed by atoms with E-state index in [1.807, 2.05) is 6.82 Å². The molecule has 0 amide bonds. The van der Waals surface area contributed by atoms with Gasteiger partial charge in [0.25, 0.3) is 0 Å². The van der Waals surface area contributed by atoms with Gasteiger partial charge in [0.1, 0.15) is 6.60 Å². The smallest absolute Gasteiger partial charge is 0.177 e. The molecule has 0 saturated carbocycles. The lowest BCUT2D eigenvalue weighted by Gasteiger charge is -1.96. The van der Waals surface area contributed by atoms with Crippen LogP contribution in [0.25, 0.3) is 0 Å². The first-order valence-electron chi connectivity index (χ1n) is 2.40. The summed E-state index contributed by atoms with van der Waals surface area (Å²) < 4.78 is 0. The number of rotatable bonds is 1. The first-order chi connectivity index (χ1) is 2.64. The van der Waals surface area contributed by atoms with Gasteiger partial charge in [-0.1, -0.05) is 20.5 Å². The molecule has 0 heterocycles. The zero-order valence-electron chi connectivity index (χ0n) is 4.73. The Kier molecular flexibility index (Phi) is 2.33. The predicted octanol–water partition coefficient (Wildman–Crippen LogP) is 0.399. The van der Waals surface area contributed by atoms with Crippen molar-refractivity contribution in [3.8, 4) is 0 Å². The number of nitrogens with two attached hydrogens (primary N) is 1. The summed E-state index contributed by atoms with van der Waals surface area (Å²) in [5, 5.41) is 0. The van der Waals surface area contributed by atoms with E-state index in [0.717, 1.165) is 0 Å². The zero-order chi connectivity index (χ0) is 5.15. The first kappa shape index (κ1) is 6.09. The fourth-order valence-corrected chi connectivity index (χ4v) is 0. The highest BCUT2D eigenvalue weighted by atomic mass is 14.4. The third-order valence-corrected chi connectivity index (χ3v) is 1.05. The Bertz CT molecular complexity index is 29.8. The topological polar surface area (TPSA) is 26.0 Å². The van der Waals surface area contributed by atoms with Crippen LogP contribution in [0.4, 0.5) is 0 Å². The molecule has 0 unspecified atom stereocenters. The Labute approximate surface area is 40.5 Å². The molecule has 2 N–H and O–H groups in total. The summed E-state index contributed by atoms with van der Waals surface area (Å²) in [4.78, 5) is 0. The van der Waals surface area contributed by atoms with Gasteiger partial charge in [0.2, 0.25) is 0 Å². The summed E-state index contributed by atoms with van der Waals surface area (Å²) in [6.45, 7) is 7.23. The standard InChI is InChI=1S/C3H11B2N/c1-4(2)5(3)6/h6H2,1-3H3. The van der Waals surface area contributed by atoms with Crippen molar-refractivity contribution >= 4 is 13.3 Å². The maximum atomic E-state index is 5.44. The van der Waals surface area contributed by atoms with Crippen molar-refractivity contribution in [2.75, 3.05) is 0 Å². The van der Waals surface area contributed by atoms with Crippen LogP contribution in [0.5, 0.6) is 0 Å².